The van der Waals surface area contributed by atoms with E-state index in [-0.39, 0.29) is 0 Å². The summed E-state index contributed by atoms with van der Waals surface area (Å²) in [5.74, 6) is 0. The van der Waals surface area contributed by atoms with Gasteiger partial charge in [0.1, 0.15) is 0 Å². The van der Waals surface area contributed by atoms with Crippen LogP contribution in [0.1, 0.15) is 0 Å². The van der Waals surface area contributed by atoms with Gasteiger partial charge in [-0.05, 0) is 78.9 Å². The lowest BCUT2D eigenvalue weighted by Crippen LogP contribution is -2.09. The number of nitrogens with zero attached hydrogens (tertiary/aromatic N) is 2. The number of para-hydroxylation sites is 3. The first-order valence-corrected chi connectivity index (χ1v) is 17.5. The molecule has 2 nitrogen and oxygen atoms in total. The first-order chi connectivity index (χ1) is 23.2. The van der Waals surface area contributed by atoms with Crippen LogP contribution in [0.3, 0.4) is 0 Å². The van der Waals surface area contributed by atoms with Gasteiger partial charge in [0, 0.05) is 74.5 Å². The third-order valence-electron chi connectivity index (χ3n) is 8.67. The number of hydrogen-bond donors (Lipinski definition) is 0. The third-order valence-corrected chi connectivity index (χ3v) is 11.2. The summed E-state index contributed by atoms with van der Waals surface area (Å²) in [6.45, 7) is 0. The fraction of sp³-hybridized carbons (Fsp3) is 0. The quantitative estimate of drug-likeness (QED) is 0.175. The number of anilines is 6. The van der Waals surface area contributed by atoms with Crippen molar-refractivity contribution in [2.24, 2.45) is 0 Å². The van der Waals surface area contributed by atoms with E-state index in [0.29, 0.717) is 0 Å². The Kier molecular flexibility index (Phi) is 6.93. The van der Waals surface area contributed by atoms with E-state index in [1.54, 1.807) is 11.3 Å². The Hall–Kier alpha value is -5.13. The average molecular weight is 659 g/mol. The van der Waals surface area contributed by atoms with Gasteiger partial charge in [0.25, 0.3) is 0 Å². The topological polar surface area (TPSA) is 6.48 Å². The molecular formula is C42H27ClN2S2. The minimum atomic E-state index is 0.771. The number of benzene rings is 7. The van der Waals surface area contributed by atoms with E-state index in [2.05, 4.69) is 174 Å². The molecule has 224 valence electrons. The summed E-state index contributed by atoms with van der Waals surface area (Å²) in [5, 5.41) is 5.63. The highest BCUT2D eigenvalue weighted by molar-refractivity contribution is 7.26. The van der Waals surface area contributed by atoms with Crippen LogP contribution >= 0.6 is 34.3 Å². The molecule has 0 radical (unpaired) electrons. The minimum Gasteiger partial charge on any atom is -0.310 e. The Bertz CT molecular complexity index is 2500. The summed E-state index contributed by atoms with van der Waals surface area (Å²) < 4.78 is 4.94. The van der Waals surface area contributed by atoms with E-state index in [1.807, 2.05) is 11.3 Å². The fourth-order valence-electron chi connectivity index (χ4n) is 6.58. The molecule has 0 aliphatic carbocycles. The summed E-state index contributed by atoms with van der Waals surface area (Å²) >= 11 is 10.7. The highest BCUT2D eigenvalue weighted by atomic mass is 35.5. The highest BCUT2D eigenvalue weighted by Gasteiger charge is 2.19. The normalized spacial score (nSPS) is 11.5. The van der Waals surface area contributed by atoms with Crippen molar-refractivity contribution in [2.45, 2.75) is 0 Å². The van der Waals surface area contributed by atoms with Crippen molar-refractivity contribution in [3.8, 4) is 0 Å². The van der Waals surface area contributed by atoms with Crippen molar-refractivity contribution >= 4 is 109 Å². The maximum atomic E-state index is 7.06. The number of rotatable bonds is 6. The Morgan fingerprint density at radius 2 is 0.787 bits per heavy atom. The SMILES string of the molecule is Clc1cc(N(c2ccccc2)c2ccc3c(c2)sc2cc(N(c4ccccc4)c4ccccc4)ccc23)cc2sc3ccccc3c12. The molecule has 2 heterocycles. The summed E-state index contributed by atoms with van der Waals surface area (Å²) in [7, 11) is 0. The van der Waals surface area contributed by atoms with Gasteiger partial charge in [-0.25, -0.2) is 0 Å². The van der Waals surface area contributed by atoms with Gasteiger partial charge < -0.3 is 9.80 Å². The van der Waals surface area contributed by atoms with E-state index >= 15 is 0 Å². The van der Waals surface area contributed by atoms with Crippen LogP contribution in [0.25, 0.3) is 40.3 Å². The van der Waals surface area contributed by atoms with Gasteiger partial charge in [-0.15, -0.1) is 22.7 Å². The van der Waals surface area contributed by atoms with Gasteiger partial charge in [0.15, 0.2) is 0 Å². The summed E-state index contributed by atoms with van der Waals surface area (Å²) in [6.07, 6.45) is 0. The molecule has 2 aromatic heterocycles. The molecule has 5 heteroatoms. The average Bonchev–Trinajstić information content (AvgIpc) is 3.68. The second-order valence-electron chi connectivity index (χ2n) is 11.5. The van der Waals surface area contributed by atoms with Crippen LogP contribution < -0.4 is 9.80 Å². The second-order valence-corrected chi connectivity index (χ2v) is 14.1. The van der Waals surface area contributed by atoms with Crippen LogP contribution in [0, 0.1) is 0 Å². The molecule has 9 rings (SSSR count). The van der Waals surface area contributed by atoms with E-state index in [0.717, 1.165) is 44.5 Å². The molecule has 0 amide bonds. The molecule has 0 aliphatic heterocycles. The van der Waals surface area contributed by atoms with Gasteiger partial charge in [-0.3, -0.25) is 0 Å². The fourth-order valence-corrected chi connectivity index (χ4v) is 9.29. The van der Waals surface area contributed by atoms with E-state index in [1.165, 1.54) is 35.0 Å². The Morgan fingerprint density at radius 1 is 0.340 bits per heavy atom. The predicted molar refractivity (Wildman–Crippen MR) is 207 cm³/mol. The molecule has 0 saturated carbocycles. The van der Waals surface area contributed by atoms with Crippen molar-refractivity contribution in [3.05, 3.63) is 169 Å². The first kappa shape index (κ1) is 28.1. The lowest BCUT2D eigenvalue weighted by Gasteiger charge is -2.26. The molecule has 9 aromatic rings. The molecule has 0 fully saturated rings. The van der Waals surface area contributed by atoms with Crippen molar-refractivity contribution < 1.29 is 0 Å². The lowest BCUT2D eigenvalue weighted by atomic mass is 10.1. The predicted octanol–water partition coefficient (Wildman–Crippen LogP) is 14.0. The second kappa shape index (κ2) is 11.6. The molecule has 0 N–H and O–H groups in total. The highest BCUT2D eigenvalue weighted by Crippen LogP contribution is 2.46. The summed E-state index contributed by atoms with van der Waals surface area (Å²) in [4.78, 5) is 4.64. The molecule has 0 spiro atoms. The maximum absolute atomic E-state index is 7.06. The van der Waals surface area contributed by atoms with Gasteiger partial charge >= 0.3 is 0 Å². The Morgan fingerprint density at radius 3 is 1.34 bits per heavy atom. The summed E-state index contributed by atoms with van der Waals surface area (Å²) in [5.41, 5.74) is 6.64. The number of hydrogen-bond acceptors (Lipinski definition) is 4. The smallest absolute Gasteiger partial charge is 0.0519 e. The molecule has 0 aliphatic rings. The molecule has 0 unspecified atom stereocenters. The van der Waals surface area contributed by atoms with Crippen LogP contribution in [0.4, 0.5) is 34.1 Å². The monoisotopic (exact) mass is 658 g/mol. The molecule has 0 atom stereocenters. The van der Waals surface area contributed by atoms with Crippen LogP contribution in [-0.2, 0) is 0 Å². The van der Waals surface area contributed by atoms with Crippen LogP contribution in [0.2, 0.25) is 5.02 Å². The van der Waals surface area contributed by atoms with Crippen molar-refractivity contribution in [2.75, 3.05) is 9.80 Å². The van der Waals surface area contributed by atoms with Crippen LogP contribution in [-0.4, -0.2) is 0 Å². The standard InChI is InChI=1S/C42H27ClN2S2/c43-37-24-33(27-41-42(37)36-18-10-11-19-38(36)46-41)45(30-16-8-3-9-17-30)32-21-23-35-34-22-20-31(25-39(34)47-40(35)26-32)44(28-12-4-1-5-13-28)29-14-6-2-7-15-29/h1-27H. The largest absolute Gasteiger partial charge is 0.310 e. The third kappa shape index (κ3) is 4.93. The van der Waals surface area contributed by atoms with E-state index < -0.39 is 0 Å². The molecule has 7 aromatic carbocycles. The van der Waals surface area contributed by atoms with Crippen LogP contribution in [0.15, 0.2) is 164 Å². The van der Waals surface area contributed by atoms with Crippen molar-refractivity contribution in [1.82, 2.24) is 0 Å². The molecule has 47 heavy (non-hydrogen) atoms. The molecule has 0 saturated heterocycles. The number of thiophene rings is 2. The Balaban J connectivity index is 1.18. The molecule has 0 bridgehead atoms. The first-order valence-electron chi connectivity index (χ1n) is 15.5. The molecular weight excluding hydrogens is 632 g/mol. The van der Waals surface area contributed by atoms with E-state index in [4.69, 9.17) is 11.6 Å². The zero-order valence-corrected chi connectivity index (χ0v) is 27.6. The number of fused-ring (bicyclic) bond motifs is 6. The van der Waals surface area contributed by atoms with Crippen molar-refractivity contribution in [1.29, 1.82) is 0 Å². The number of halogens is 1. The van der Waals surface area contributed by atoms with Gasteiger partial charge in [0.2, 0.25) is 0 Å². The van der Waals surface area contributed by atoms with Crippen LogP contribution in [0.5, 0.6) is 0 Å². The summed E-state index contributed by atoms with van der Waals surface area (Å²) in [6, 6.07) is 58.2. The van der Waals surface area contributed by atoms with Gasteiger partial charge in [-0.1, -0.05) is 96.5 Å². The lowest BCUT2D eigenvalue weighted by molar-refractivity contribution is 1.29. The zero-order valence-electron chi connectivity index (χ0n) is 25.2. The van der Waals surface area contributed by atoms with Gasteiger partial charge in [-0.2, -0.15) is 0 Å². The van der Waals surface area contributed by atoms with Gasteiger partial charge in [0.05, 0.1) is 5.02 Å². The maximum Gasteiger partial charge on any atom is 0.0519 e. The van der Waals surface area contributed by atoms with E-state index in [9.17, 15) is 0 Å². The Labute approximate surface area is 285 Å². The van der Waals surface area contributed by atoms with Crippen molar-refractivity contribution in [3.63, 3.8) is 0 Å². The minimum absolute atomic E-state index is 0.771. The zero-order chi connectivity index (χ0) is 31.3.